The molecule has 0 fully saturated rings. The smallest absolute Gasteiger partial charge is 0.258 e. The van der Waals surface area contributed by atoms with Crippen LogP contribution in [-0.4, -0.2) is 12.5 Å². The Hall–Kier alpha value is -2.09. The lowest BCUT2D eigenvalue weighted by molar-refractivity contribution is 0.0975. The van der Waals surface area contributed by atoms with Crippen molar-refractivity contribution in [1.82, 2.24) is 0 Å². The van der Waals surface area contributed by atoms with Crippen LogP contribution in [0.5, 0.6) is 0 Å². The minimum atomic E-state index is 0.0627. The minimum absolute atomic E-state index is 0.0627. The number of hydrogen-bond donors (Lipinski definition) is 0. The summed E-state index contributed by atoms with van der Waals surface area (Å²) in [5.41, 5.74) is 2.93. The zero-order chi connectivity index (χ0) is 16.2. The molecule has 0 heterocycles. The third kappa shape index (κ3) is 3.97. The normalized spacial score (nSPS) is 11.3. The molecule has 0 aliphatic rings. The van der Waals surface area contributed by atoms with Gasteiger partial charge in [0.2, 0.25) is 0 Å². The Balaban J connectivity index is 2.35. The topological polar surface area (TPSA) is 20.3 Å². The number of carbonyl (C=O) groups excluding carboxylic acids is 1. The van der Waals surface area contributed by atoms with Crippen LogP contribution in [0.4, 0.5) is 5.69 Å². The molecule has 0 saturated heterocycles. The van der Waals surface area contributed by atoms with Crippen LogP contribution in [-0.2, 0) is 0 Å². The first-order valence-electron chi connectivity index (χ1n) is 7.86. The highest BCUT2D eigenvalue weighted by Crippen LogP contribution is 2.26. The van der Waals surface area contributed by atoms with Gasteiger partial charge in [0.25, 0.3) is 5.91 Å². The van der Waals surface area contributed by atoms with Crippen LogP contribution in [0.3, 0.4) is 0 Å². The minimum Gasteiger partial charge on any atom is -0.308 e. The number of hydrogen-bond acceptors (Lipinski definition) is 1. The fourth-order valence-electron chi connectivity index (χ4n) is 2.28. The number of nitrogens with zero attached hydrogens (tertiary/aromatic N) is 1. The van der Waals surface area contributed by atoms with Crippen LogP contribution in [0.25, 0.3) is 0 Å². The molecule has 2 rings (SSSR count). The quantitative estimate of drug-likeness (QED) is 0.753. The summed E-state index contributed by atoms with van der Waals surface area (Å²) in [6.07, 6.45) is 1.03. The van der Waals surface area contributed by atoms with Crippen LogP contribution in [0.15, 0.2) is 54.6 Å². The van der Waals surface area contributed by atoms with Gasteiger partial charge in [0.15, 0.2) is 0 Å². The highest BCUT2D eigenvalue weighted by molar-refractivity contribution is 6.06. The Morgan fingerprint density at radius 3 is 2.14 bits per heavy atom. The van der Waals surface area contributed by atoms with Crippen molar-refractivity contribution in [3.8, 4) is 0 Å². The van der Waals surface area contributed by atoms with Gasteiger partial charge in [-0.1, -0.05) is 56.7 Å². The van der Waals surface area contributed by atoms with E-state index in [-0.39, 0.29) is 11.3 Å². The average molecular weight is 295 g/mol. The molecule has 1 amide bonds. The number of rotatable bonds is 5. The van der Waals surface area contributed by atoms with Gasteiger partial charge in [-0.05, 0) is 43.0 Å². The number of amides is 1. The summed E-state index contributed by atoms with van der Waals surface area (Å²) in [6.45, 7) is 9.31. The molecule has 2 aromatic carbocycles. The monoisotopic (exact) mass is 295 g/mol. The van der Waals surface area contributed by atoms with Crippen molar-refractivity contribution in [1.29, 1.82) is 0 Å². The lowest BCUT2D eigenvalue weighted by Crippen LogP contribution is -2.38. The molecule has 0 atom stereocenters. The fourth-order valence-corrected chi connectivity index (χ4v) is 2.28. The van der Waals surface area contributed by atoms with E-state index >= 15 is 0 Å². The Labute approximate surface area is 133 Å². The molecule has 0 unspecified atom stereocenters. The van der Waals surface area contributed by atoms with Crippen molar-refractivity contribution in [3.63, 3.8) is 0 Å². The van der Waals surface area contributed by atoms with E-state index in [0.29, 0.717) is 6.54 Å². The molecule has 2 aromatic rings. The van der Waals surface area contributed by atoms with Crippen LogP contribution in [0.2, 0.25) is 0 Å². The largest absolute Gasteiger partial charge is 0.308 e. The summed E-state index contributed by atoms with van der Waals surface area (Å²) in [5, 5.41) is 0. The van der Waals surface area contributed by atoms with E-state index in [1.165, 1.54) is 0 Å². The van der Waals surface area contributed by atoms with Crippen LogP contribution >= 0.6 is 0 Å². The number of carbonyl (C=O) groups is 1. The molecule has 0 aromatic heterocycles. The van der Waals surface area contributed by atoms with Crippen LogP contribution < -0.4 is 4.90 Å². The summed E-state index contributed by atoms with van der Waals surface area (Å²) < 4.78 is 0. The van der Waals surface area contributed by atoms with E-state index in [0.717, 1.165) is 23.2 Å². The maximum atomic E-state index is 13.0. The predicted molar refractivity (Wildman–Crippen MR) is 93.4 cm³/mol. The van der Waals surface area contributed by atoms with Crippen LogP contribution in [0.1, 0.15) is 43.1 Å². The van der Waals surface area contributed by atoms with Gasteiger partial charge in [-0.15, -0.1) is 0 Å². The van der Waals surface area contributed by atoms with Gasteiger partial charge in [0.1, 0.15) is 0 Å². The van der Waals surface area contributed by atoms with Gasteiger partial charge in [0.05, 0.1) is 0 Å². The second-order valence-corrected chi connectivity index (χ2v) is 6.61. The Morgan fingerprint density at radius 2 is 1.59 bits per heavy atom. The highest BCUT2D eigenvalue weighted by atomic mass is 16.2. The second-order valence-electron chi connectivity index (χ2n) is 6.61. The molecule has 0 radical (unpaired) electrons. The molecule has 2 nitrogen and oxygen atoms in total. The van der Waals surface area contributed by atoms with Crippen LogP contribution in [0, 0.1) is 12.3 Å². The first-order valence-corrected chi connectivity index (χ1v) is 7.86. The van der Waals surface area contributed by atoms with E-state index in [9.17, 15) is 4.79 Å². The average Bonchev–Trinajstić information content (AvgIpc) is 2.53. The Morgan fingerprint density at radius 1 is 1.00 bits per heavy atom. The standard InChI is InChI=1S/C20H25NO/c1-5-20(3,4)15-21(18-9-7-6-8-10-18)19(22)17-13-11-16(2)12-14-17/h6-14H,5,15H2,1-4H3. The second kappa shape index (κ2) is 6.78. The molecular formula is C20H25NO. The lowest BCUT2D eigenvalue weighted by Gasteiger charge is -2.32. The maximum absolute atomic E-state index is 13.0. The molecule has 0 saturated carbocycles. The first kappa shape index (κ1) is 16.3. The number of para-hydroxylation sites is 1. The van der Waals surface area contributed by atoms with E-state index in [1.54, 1.807) is 0 Å². The molecule has 0 aliphatic carbocycles. The molecule has 116 valence electrons. The Bertz CT molecular complexity index is 614. The predicted octanol–water partition coefficient (Wildman–Crippen LogP) is 5.08. The first-order chi connectivity index (χ1) is 10.4. The molecule has 22 heavy (non-hydrogen) atoms. The molecule has 0 N–H and O–H groups in total. The van der Waals surface area contributed by atoms with Crippen molar-refractivity contribution in [2.24, 2.45) is 5.41 Å². The summed E-state index contributed by atoms with van der Waals surface area (Å²) in [6, 6.07) is 17.7. The van der Waals surface area contributed by atoms with Crippen molar-refractivity contribution >= 4 is 11.6 Å². The number of anilines is 1. The van der Waals surface area contributed by atoms with E-state index in [2.05, 4.69) is 20.8 Å². The van der Waals surface area contributed by atoms with Gasteiger partial charge in [0, 0.05) is 17.8 Å². The van der Waals surface area contributed by atoms with E-state index < -0.39 is 0 Å². The summed E-state index contributed by atoms with van der Waals surface area (Å²) in [4.78, 5) is 14.9. The highest BCUT2D eigenvalue weighted by Gasteiger charge is 2.25. The van der Waals surface area contributed by atoms with Crippen molar-refractivity contribution in [2.45, 2.75) is 34.1 Å². The zero-order valence-electron chi connectivity index (χ0n) is 14.0. The third-order valence-electron chi connectivity index (χ3n) is 4.15. The van der Waals surface area contributed by atoms with E-state index in [1.807, 2.05) is 66.4 Å². The molecule has 0 spiro atoms. The van der Waals surface area contributed by atoms with Crippen molar-refractivity contribution in [2.75, 3.05) is 11.4 Å². The van der Waals surface area contributed by atoms with Gasteiger partial charge >= 0.3 is 0 Å². The molecule has 2 heteroatoms. The van der Waals surface area contributed by atoms with E-state index in [4.69, 9.17) is 0 Å². The third-order valence-corrected chi connectivity index (χ3v) is 4.15. The van der Waals surface area contributed by atoms with Gasteiger partial charge < -0.3 is 4.90 Å². The Kier molecular flexibility index (Phi) is 5.02. The molecular weight excluding hydrogens is 270 g/mol. The number of aryl methyl sites for hydroxylation is 1. The fraction of sp³-hybridized carbons (Fsp3) is 0.350. The lowest BCUT2D eigenvalue weighted by atomic mass is 9.89. The summed E-state index contributed by atoms with van der Waals surface area (Å²) >= 11 is 0. The van der Waals surface area contributed by atoms with Crippen molar-refractivity contribution in [3.05, 3.63) is 65.7 Å². The number of benzene rings is 2. The zero-order valence-corrected chi connectivity index (χ0v) is 14.0. The maximum Gasteiger partial charge on any atom is 0.258 e. The SMILES string of the molecule is CCC(C)(C)CN(C(=O)c1ccc(C)cc1)c1ccccc1. The summed E-state index contributed by atoms with van der Waals surface area (Å²) in [7, 11) is 0. The van der Waals surface area contributed by atoms with Gasteiger partial charge in [-0.3, -0.25) is 4.79 Å². The van der Waals surface area contributed by atoms with Crippen molar-refractivity contribution < 1.29 is 4.79 Å². The van der Waals surface area contributed by atoms with Gasteiger partial charge in [-0.2, -0.15) is 0 Å². The molecule has 0 bridgehead atoms. The molecule has 0 aliphatic heterocycles. The summed E-state index contributed by atoms with van der Waals surface area (Å²) in [5.74, 6) is 0.0627. The van der Waals surface area contributed by atoms with Gasteiger partial charge in [-0.25, -0.2) is 0 Å².